The number of fused-ring (bicyclic) bond motifs is 1. The lowest BCUT2D eigenvalue weighted by Gasteiger charge is -2.25. The highest BCUT2D eigenvalue weighted by Gasteiger charge is 2.24. The Kier molecular flexibility index (Phi) is 4.29. The van der Waals surface area contributed by atoms with E-state index in [1.807, 2.05) is 49.4 Å². The van der Waals surface area contributed by atoms with Crippen molar-refractivity contribution < 1.29 is 4.79 Å². The number of nitrogens with one attached hydrogen (secondary N) is 3. The van der Waals surface area contributed by atoms with Crippen LogP contribution in [0.25, 0.3) is 33.5 Å². The fourth-order valence-corrected chi connectivity index (χ4v) is 3.46. The van der Waals surface area contributed by atoms with Gasteiger partial charge in [0.1, 0.15) is 0 Å². The number of rotatable bonds is 4. The SMILES string of the molecule is Cc1cccc(-c2[nH]cnc2-c2ccc3ncc(NC(=O)C4CNC4)cc3c2)n1. The van der Waals surface area contributed by atoms with Crippen molar-refractivity contribution in [2.24, 2.45) is 5.92 Å². The van der Waals surface area contributed by atoms with Crippen molar-refractivity contribution in [3.63, 3.8) is 0 Å². The highest BCUT2D eigenvalue weighted by atomic mass is 16.2. The van der Waals surface area contributed by atoms with Crippen LogP contribution < -0.4 is 10.6 Å². The van der Waals surface area contributed by atoms with Crippen LogP contribution >= 0.6 is 0 Å². The van der Waals surface area contributed by atoms with Gasteiger partial charge in [0.2, 0.25) is 5.91 Å². The second kappa shape index (κ2) is 7.10. The van der Waals surface area contributed by atoms with Gasteiger partial charge in [-0.1, -0.05) is 12.1 Å². The molecule has 144 valence electrons. The predicted octanol–water partition coefficient (Wildman–Crippen LogP) is 3.15. The quantitative estimate of drug-likeness (QED) is 0.502. The molecule has 0 radical (unpaired) electrons. The number of hydrogen-bond donors (Lipinski definition) is 3. The fraction of sp³-hybridized carbons (Fsp3) is 0.182. The molecule has 4 aromatic rings. The van der Waals surface area contributed by atoms with Crippen molar-refractivity contribution in [3.8, 4) is 22.6 Å². The summed E-state index contributed by atoms with van der Waals surface area (Å²) in [5.74, 6) is 0.0617. The number of nitrogens with zero attached hydrogens (tertiary/aromatic N) is 3. The molecule has 1 aromatic carbocycles. The van der Waals surface area contributed by atoms with Crippen molar-refractivity contribution in [2.75, 3.05) is 18.4 Å². The van der Waals surface area contributed by atoms with Crippen LogP contribution in [-0.2, 0) is 4.79 Å². The zero-order valence-corrected chi connectivity index (χ0v) is 15.9. The molecule has 0 unspecified atom stereocenters. The number of amides is 1. The topological polar surface area (TPSA) is 95.6 Å². The van der Waals surface area contributed by atoms with E-state index >= 15 is 0 Å². The smallest absolute Gasteiger partial charge is 0.230 e. The number of pyridine rings is 2. The van der Waals surface area contributed by atoms with Gasteiger partial charge in [0.05, 0.1) is 46.7 Å². The Morgan fingerprint density at radius 3 is 2.83 bits per heavy atom. The summed E-state index contributed by atoms with van der Waals surface area (Å²) in [5.41, 5.74) is 6.05. The first kappa shape index (κ1) is 17.5. The number of aromatic amines is 1. The van der Waals surface area contributed by atoms with Crippen LogP contribution in [0.15, 0.2) is 55.0 Å². The normalized spacial score (nSPS) is 14.0. The second-order valence-corrected chi connectivity index (χ2v) is 7.27. The molecule has 0 atom stereocenters. The van der Waals surface area contributed by atoms with E-state index in [2.05, 4.69) is 30.6 Å². The van der Waals surface area contributed by atoms with Crippen LogP contribution in [-0.4, -0.2) is 38.9 Å². The summed E-state index contributed by atoms with van der Waals surface area (Å²) < 4.78 is 0. The standard InChI is InChI=1S/C22H20N6O/c1-13-3-2-4-19(27-13)21-20(25-12-26-21)14-5-6-18-15(7-14)8-17(11-24-18)28-22(29)16-9-23-10-16/h2-8,11-12,16,23H,9-10H2,1H3,(H,25,26)(H,28,29). The van der Waals surface area contributed by atoms with Gasteiger partial charge < -0.3 is 15.6 Å². The van der Waals surface area contributed by atoms with Gasteiger partial charge in [-0.25, -0.2) is 4.98 Å². The molecule has 1 amide bonds. The average Bonchev–Trinajstić information content (AvgIpc) is 3.16. The van der Waals surface area contributed by atoms with Gasteiger partial charge in [0.25, 0.3) is 0 Å². The van der Waals surface area contributed by atoms with Gasteiger partial charge in [-0.3, -0.25) is 14.8 Å². The number of benzene rings is 1. The van der Waals surface area contributed by atoms with E-state index in [0.29, 0.717) is 5.69 Å². The molecule has 4 heterocycles. The summed E-state index contributed by atoms with van der Waals surface area (Å²) in [6, 6.07) is 13.9. The molecule has 0 aliphatic carbocycles. The first-order chi connectivity index (χ1) is 14.2. The van der Waals surface area contributed by atoms with Crippen LogP contribution in [0, 0.1) is 12.8 Å². The molecule has 1 aliphatic heterocycles. The van der Waals surface area contributed by atoms with Crippen molar-refractivity contribution in [3.05, 3.63) is 60.7 Å². The highest BCUT2D eigenvalue weighted by Crippen LogP contribution is 2.30. The van der Waals surface area contributed by atoms with Gasteiger partial charge in [0, 0.05) is 29.7 Å². The van der Waals surface area contributed by atoms with Crippen LogP contribution in [0.1, 0.15) is 5.69 Å². The lowest BCUT2D eigenvalue weighted by Crippen LogP contribution is -2.48. The molecule has 1 aliphatic rings. The van der Waals surface area contributed by atoms with Crippen LogP contribution in [0.4, 0.5) is 5.69 Å². The zero-order chi connectivity index (χ0) is 19.8. The van der Waals surface area contributed by atoms with Crippen molar-refractivity contribution in [2.45, 2.75) is 6.92 Å². The lowest BCUT2D eigenvalue weighted by atomic mass is 10.0. The Morgan fingerprint density at radius 2 is 2.03 bits per heavy atom. The van der Waals surface area contributed by atoms with Gasteiger partial charge in [0.15, 0.2) is 0 Å². The monoisotopic (exact) mass is 384 g/mol. The molecule has 1 fully saturated rings. The first-order valence-electron chi connectivity index (χ1n) is 9.56. The fourth-order valence-electron chi connectivity index (χ4n) is 3.46. The predicted molar refractivity (Wildman–Crippen MR) is 112 cm³/mol. The van der Waals surface area contributed by atoms with E-state index in [1.54, 1.807) is 12.5 Å². The third kappa shape index (κ3) is 3.36. The summed E-state index contributed by atoms with van der Waals surface area (Å²) >= 11 is 0. The molecular formula is C22H20N6O. The van der Waals surface area contributed by atoms with E-state index in [0.717, 1.165) is 52.3 Å². The Labute approximate surface area is 167 Å². The Hall–Kier alpha value is -3.58. The Bertz CT molecular complexity index is 1210. The first-order valence-corrected chi connectivity index (χ1v) is 9.56. The van der Waals surface area contributed by atoms with Crippen molar-refractivity contribution in [1.29, 1.82) is 0 Å². The summed E-state index contributed by atoms with van der Waals surface area (Å²) in [5, 5.41) is 7.01. The lowest BCUT2D eigenvalue weighted by molar-refractivity contribution is -0.121. The maximum absolute atomic E-state index is 12.2. The van der Waals surface area contributed by atoms with Crippen molar-refractivity contribution in [1.82, 2.24) is 25.3 Å². The minimum absolute atomic E-state index is 0.0289. The molecule has 3 aromatic heterocycles. The minimum Gasteiger partial charge on any atom is -0.343 e. The maximum atomic E-state index is 12.2. The summed E-state index contributed by atoms with van der Waals surface area (Å²) in [7, 11) is 0. The number of carbonyl (C=O) groups is 1. The van der Waals surface area contributed by atoms with Gasteiger partial charge >= 0.3 is 0 Å². The molecule has 0 bridgehead atoms. The van der Waals surface area contributed by atoms with Crippen LogP contribution in [0.2, 0.25) is 0 Å². The van der Waals surface area contributed by atoms with Gasteiger partial charge in [-0.15, -0.1) is 0 Å². The molecule has 1 saturated heterocycles. The van der Waals surface area contributed by atoms with E-state index in [9.17, 15) is 4.79 Å². The molecule has 3 N–H and O–H groups in total. The number of carbonyl (C=O) groups excluding carboxylic acids is 1. The zero-order valence-electron chi connectivity index (χ0n) is 15.9. The van der Waals surface area contributed by atoms with Crippen LogP contribution in [0.5, 0.6) is 0 Å². The molecular weight excluding hydrogens is 364 g/mol. The van der Waals surface area contributed by atoms with E-state index in [-0.39, 0.29) is 11.8 Å². The molecule has 29 heavy (non-hydrogen) atoms. The largest absolute Gasteiger partial charge is 0.343 e. The minimum atomic E-state index is 0.0289. The molecule has 0 spiro atoms. The number of imidazole rings is 1. The Morgan fingerprint density at radius 1 is 1.14 bits per heavy atom. The molecule has 7 nitrogen and oxygen atoms in total. The number of hydrogen-bond acceptors (Lipinski definition) is 5. The number of anilines is 1. The van der Waals surface area contributed by atoms with E-state index < -0.39 is 0 Å². The highest BCUT2D eigenvalue weighted by molar-refractivity contribution is 5.96. The van der Waals surface area contributed by atoms with Gasteiger partial charge in [-0.2, -0.15) is 0 Å². The second-order valence-electron chi connectivity index (χ2n) is 7.27. The molecule has 0 saturated carbocycles. The number of aromatic nitrogens is 4. The third-order valence-electron chi connectivity index (χ3n) is 5.16. The summed E-state index contributed by atoms with van der Waals surface area (Å²) in [6.45, 7) is 3.43. The third-order valence-corrected chi connectivity index (χ3v) is 5.16. The molecule has 7 heteroatoms. The van der Waals surface area contributed by atoms with Gasteiger partial charge in [-0.05, 0) is 37.3 Å². The number of aryl methyl sites for hydroxylation is 1. The number of H-pyrrole nitrogens is 1. The summed E-state index contributed by atoms with van der Waals surface area (Å²) in [6.07, 6.45) is 3.38. The Balaban J connectivity index is 1.50. The average molecular weight is 384 g/mol. The maximum Gasteiger partial charge on any atom is 0.230 e. The van der Waals surface area contributed by atoms with Crippen molar-refractivity contribution >= 4 is 22.5 Å². The summed E-state index contributed by atoms with van der Waals surface area (Å²) in [4.78, 5) is 29.0. The van der Waals surface area contributed by atoms with E-state index in [4.69, 9.17) is 0 Å². The molecule has 5 rings (SSSR count). The van der Waals surface area contributed by atoms with Crippen LogP contribution in [0.3, 0.4) is 0 Å². The van der Waals surface area contributed by atoms with E-state index in [1.165, 1.54) is 0 Å².